The van der Waals surface area contributed by atoms with Gasteiger partial charge in [-0.15, -0.1) is 0 Å². The minimum absolute atomic E-state index is 0.0897. The maximum Gasteiger partial charge on any atom is 0.251 e. The number of amides is 1. The molecular weight excluding hydrogens is 430 g/mol. The van der Waals surface area contributed by atoms with Crippen molar-refractivity contribution in [1.82, 2.24) is 10.6 Å². The smallest absolute Gasteiger partial charge is 0.251 e. The van der Waals surface area contributed by atoms with E-state index < -0.39 is 0 Å². The van der Waals surface area contributed by atoms with Crippen LogP contribution in [0.5, 0.6) is 0 Å². The second-order valence-corrected chi connectivity index (χ2v) is 7.33. The molecule has 34 heavy (non-hydrogen) atoms. The molecule has 1 aromatic carbocycles. The molecule has 0 unspecified atom stereocenters. The maximum atomic E-state index is 11.5. The largest absolute Gasteiger partial charge is 0.499 e. The van der Waals surface area contributed by atoms with Crippen molar-refractivity contribution >= 4 is 11.6 Å². The van der Waals surface area contributed by atoms with Crippen LogP contribution >= 0.6 is 0 Å². The Bertz CT molecular complexity index is 710. The molecule has 8 heteroatoms. The lowest BCUT2D eigenvalue weighted by Gasteiger charge is -2.14. The molecule has 2 rings (SSSR count). The van der Waals surface area contributed by atoms with E-state index in [9.17, 15) is 4.79 Å². The number of carbonyl (C=O) groups excluding carboxylic acids is 1. The van der Waals surface area contributed by atoms with E-state index in [2.05, 4.69) is 23.3 Å². The quantitative estimate of drug-likeness (QED) is 0.150. The monoisotopic (exact) mass is 477 g/mol. The van der Waals surface area contributed by atoms with E-state index in [1.54, 1.807) is 37.4 Å². The van der Waals surface area contributed by atoms with Gasteiger partial charge in [-0.05, 0) is 78.3 Å². The highest BCUT2D eigenvalue weighted by atomic mass is 16.5. The molecule has 0 aromatic heterocycles. The predicted molar refractivity (Wildman–Crippen MR) is 144 cm³/mol. The summed E-state index contributed by atoms with van der Waals surface area (Å²) in [5, 5.41) is 14.3. The first kappa shape index (κ1) is 33.4. The van der Waals surface area contributed by atoms with Crippen molar-refractivity contribution in [1.29, 1.82) is 0 Å². The van der Waals surface area contributed by atoms with Gasteiger partial charge in [0.25, 0.3) is 5.91 Å². The third-order valence-electron chi connectivity index (χ3n) is 4.27. The standard InChI is InChI=1S/C12H18N4O.C9H16O.C4H9N.CH4O/c1-3-15-12(17)10-4-6-11(7-5-10)16(14)8-9(2)13;1-4-6-7-8-9(3)10-5-2;1-5-4-2-3-4;1-2/h4-8H,3,13-14H2,1-2H3,(H,15,17);4,6H,3,5,7-8H2,1-2H3;4-5H,2-3H2,1H3;2H,1H3/b9-8-;6-4+;;. The second kappa shape index (κ2) is 22.0. The van der Waals surface area contributed by atoms with E-state index >= 15 is 0 Å². The Kier molecular flexibility index (Phi) is 21.6. The number of aliphatic hydroxyl groups excluding tert-OH is 1. The molecule has 0 heterocycles. The Morgan fingerprint density at radius 1 is 1.26 bits per heavy atom. The van der Waals surface area contributed by atoms with E-state index in [1.165, 1.54) is 17.9 Å². The van der Waals surface area contributed by atoms with Crippen molar-refractivity contribution in [2.45, 2.75) is 59.4 Å². The van der Waals surface area contributed by atoms with Crippen molar-refractivity contribution in [2.24, 2.45) is 11.6 Å². The van der Waals surface area contributed by atoms with Gasteiger partial charge in [0.05, 0.1) is 18.1 Å². The molecule has 8 nitrogen and oxygen atoms in total. The van der Waals surface area contributed by atoms with Crippen molar-refractivity contribution in [3.63, 3.8) is 0 Å². The van der Waals surface area contributed by atoms with Gasteiger partial charge >= 0.3 is 0 Å². The van der Waals surface area contributed by atoms with Gasteiger partial charge in [-0.25, -0.2) is 5.84 Å². The highest BCUT2D eigenvalue weighted by molar-refractivity contribution is 5.94. The first-order valence-corrected chi connectivity index (χ1v) is 11.7. The van der Waals surface area contributed by atoms with Crippen LogP contribution in [0.3, 0.4) is 0 Å². The predicted octanol–water partition coefficient (Wildman–Crippen LogP) is 3.81. The molecule has 7 N–H and O–H groups in total. The van der Waals surface area contributed by atoms with Crippen molar-refractivity contribution in [2.75, 3.05) is 32.3 Å². The number of ether oxygens (including phenoxy) is 1. The number of hydrazine groups is 1. The van der Waals surface area contributed by atoms with Crippen LogP contribution in [0.25, 0.3) is 0 Å². The third-order valence-corrected chi connectivity index (χ3v) is 4.27. The Hall–Kier alpha value is -2.81. The molecule has 0 spiro atoms. The number of nitrogens with one attached hydrogen (secondary N) is 2. The summed E-state index contributed by atoms with van der Waals surface area (Å²) < 4.78 is 5.16. The van der Waals surface area contributed by atoms with Crippen LogP contribution < -0.4 is 27.2 Å². The fraction of sp³-hybridized carbons (Fsp3) is 0.500. The summed E-state index contributed by atoms with van der Waals surface area (Å²) in [5.74, 6) is 6.56. The van der Waals surface area contributed by atoms with Crippen molar-refractivity contribution < 1.29 is 14.6 Å². The summed E-state index contributed by atoms with van der Waals surface area (Å²) in [6.07, 6.45) is 10.5. The summed E-state index contributed by atoms with van der Waals surface area (Å²) in [6.45, 7) is 12.7. The van der Waals surface area contributed by atoms with Crippen LogP contribution in [0.4, 0.5) is 5.69 Å². The van der Waals surface area contributed by atoms with Gasteiger partial charge in [0.2, 0.25) is 0 Å². The zero-order chi connectivity index (χ0) is 26.4. The number of anilines is 1. The van der Waals surface area contributed by atoms with E-state index in [1.807, 2.05) is 33.9 Å². The molecule has 0 bridgehead atoms. The normalized spacial score (nSPS) is 12.2. The van der Waals surface area contributed by atoms with Crippen LogP contribution in [0, 0.1) is 0 Å². The van der Waals surface area contributed by atoms with Gasteiger partial charge in [0.15, 0.2) is 0 Å². The number of hydrogen-bond donors (Lipinski definition) is 5. The Morgan fingerprint density at radius 3 is 2.24 bits per heavy atom. The SMILES string of the molecule is C=C(CC/C=C/C)OCC.CCNC(=O)c1ccc(N(N)/C=C(/C)N)cc1.CNC1CC1.CO. The number of allylic oxidation sites excluding steroid dienone is 4. The fourth-order valence-electron chi connectivity index (χ4n) is 2.40. The topological polar surface area (TPSA) is 126 Å². The summed E-state index contributed by atoms with van der Waals surface area (Å²) in [6, 6.07) is 7.86. The van der Waals surface area contributed by atoms with Gasteiger partial charge < -0.3 is 26.2 Å². The maximum absolute atomic E-state index is 11.5. The summed E-state index contributed by atoms with van der Waals surface area (Å²) in [5.41, 5.74) is 7.51. The fourth-order valence-corrected chi connectivity index (χ4v) is 2.40. The summed E-state index contributed by atoms with van der Waals surface area (Å²) in [4.78, 5) is 11.5. The molecule has 0 saturated heterocycles. The number of nitrogens with zero attached hydrogens (tertiary/aromatic N) is 1. The minimum Gasteiger partial charge on any atom is -0.499 e. The molecule has 0 aliphatic heterocycles. The lowest BCUT2D eigenvalue weighted by atomic mass is 10.2. The Morgan fingerprint density at radius 2 is 1.85 bits per heavy atom. The number of hydrogen-bond acceptors (Lipinski definition) is 7. The third kappa shape index (κ3) is 18.7. The number of rotatable bonds is 10. The van der Waals surface area contributed by atoms with Gasteiger partial charge in [0, 0.05) is 43.6 Å². The molecule has 1 fully saturated rings. The molecule has 0 radical (unpaired) electrons. The number of benzene rings is 1. The summed E-state index contributed by atoms with van der Waals surface area (Å²) in [7, 11) is 3.01. The lowest BCUT2D eigenvalue weighted by Crippen LogP contribution is -2.26. The van der Waals surface area contributed by atoms with E-state index in [0.717, 1.165) is 44.0 Å². The molecule has 1 saturated carbocycles. The van der Waals surface area contributed by atoms with Crippen LogP contribution in [-0.2, 0) is 4.74 Å². The molecule has 1 aliphatic carbocycles. The number of nitrogens with two attached hydrogens (primary N) is 2. The van der Waals surface area contributed by atoms with E-state index in [0.29, 0.717) is 17.8 Å². The van der Waals surface area contributed by atoms with Gasteiger partial charge in [-0.1, -0.05) is 18.7 Å². The minimum atomic E-state index is -0.0897. The highest BCUT2D eigenvalue weighted by Gasteiger charge is 2.17. The van der Waals surface area contributed by atoms with Crippen molar-refractivity contribution in [3.05, 3.63) is 66.2 Å². The average Bonchev–Trinajstić information content (AvgIpc) is 3.66. The van der Waals surface area contributed by atoms with Gasteiger partial charge in [0.1, 0.15) is 0 Å². The lowest BCUT2D eigenvalue weighted by molar-refractivity contribution is 0.0956. The van der Waals surface area contributed by atoms with Crippen LogP contribution in [0.1, 0.15) is 63.7 Å². The average molecular weight is 478 g/mol. The first-order valence-electron chi connectivity index (χ1n) is 11.7. The highest BCUT2D eigenvalue weighted by Crippen LogP contribution is 2.17. The molecule has 1 aliphatic rings. The van der Waals surface area contributed by atoms with Gasteiger partial charge in [-0.3, -0.25) is 9.80 Å². The zero-order valence-corrected chi connectivity index (χ0v) is 21.9. The molecule has 0 atom stereocenters. The Labute approximate surface area is 206 Å². The molecule has 194 valence electrons. The van der Waals surface area contributed by atoms with Crippen LogP contribution in [0.15, 0.2) is 60.7 Å². The second-order valence-electron chi connectivity index (χ2n) is 7.33. The Balaban J connectivity index is 0. The molecule has 1 aromatic rings. The first-order chi connectivity index (χ1) is 16.3. The molecule has 1 amide bonds. The van der Waals surface area contributed by atoms with E-state index in [4.69, 9.17) is 21.4 Å². The van der Waals surface area contributed by atoms with Crippen molar-refractivity contribution in [3.8, 4) is 0 Å². The van der Waals surface area contributed by atoms with Crippen LogP contribution in [0.2, 0.25) is 0 Å². The van der Waals surface area contributed by atoms with Gasteiger partial charge in [-0.2, -0.15) is 0 Å². The van der Waals surface area contributed by atoms with Crippen LogP contribution in [-0.4, -0.2) is 44.4 Å². The number of aliphatic hydroxyl groups is 1. The number of carbonyl (C=O) groups is 1. The zero-order valence-electron chi connectivity index (χ0n) is 21.9. The summed E-state index contributed by atoms with van der Waals surface area (Å²) >= 11 is 0. The molecular formula is C26H47N5O3. The van der Waals surface area contributed by atoms with E-state index in [-0.39, 0.29) is 5.91 Å².